The zero-order valence-electron chi connectivity index (χ0n) is 8.44. The molecular weight excluding hydrogens is 180 g/mol. The molecule has 0 saturated heterocycles. The smallest absolute Gasteiger partial charge is 0.265 e. The number of anilines is 1. The number of pyridine rings is 1. The molecule has 1 aromatic heterocycles. The summed E-state index contributed by atoms with van der Waals surface area (Å²) < 4.78 is 5.25. The van der Waals surface area contributed by atoms with Crippen molar-refractivity contribution in [1.29, 1.82) is 0 Å². The zero-order chi connectivity index (χ0) is 10.3. The Labute approximate surface area is 82.5 Å². The van der Waals surface area contributed by atoms with E-state index in [9.17, 15) is 4.79 Å². The highest BCUT2D eigenvalue weighted by atomic mass is 16.5. The van der Waals surface area contributed by atoms with E-state index in [1.165, 1.54) is 7.11 Å². The lowest BCUT2D eigenvalue weighted by Gasteiger charge is -2.19. The Balaban J connectivity index is 2.65. The van der Waals surface area contributed by atoms with Crippen LogP contribution in [0.5, 0.6) is 0 Å². The molecule has 1 aliphatic rings. The second-order valence-electron chi connectivity index (χ2n) is 3.47. The van der Waals surface area contributed by atoms with E-state index in [0.717, 1.165) is 5.69 Å². The fourth-order valence-corrected chi connectivity index (χ4v) is 1.75. The second kappa shape index (κ2) is 2.78. The number of nitrogens with zero attached hydrogens (tertiary/aromatic N) is 2. The molecule has 14 heavy (non-hydrogen) atoms. The van der Waals surface area contributed by atoms with Crippen LogP contribution in [0, 0.1) is 0 Å². The molecule has 0 aromatic carbocycles. The van der Waals surface area contributed by atoms with Crippen LogP contribution in [0.2, 0.25) is 0 Å². The van der Waals surface area contributed by atoms with Crippen LogP contribution in [0.15, 0.2) is 18.3 Å². The number of hydrogen-bond acceptors (Lipinski definition) is 3. The number of amides is 1. The number of fused-ring (bicyclic) bond motifs is 1. The quantitative estimate of drug-likeness (QED) is 0.664. The maximum absolute atomic E-state index is 11.9. The van der Waals surface area contributed by atoms with Gasteiger partial charge in [-0.15, -0.1) is 0 Å². The van der Waals surface area contributed by atoms with Gasteiger partial charge in [0, 0.05) is 20.4 Å². The average molecular weight is 192 g/mol. The fraction of sp³-hybridized carbons (Fsp3) is 0.400. The zero-order valence-corrected chi connectivity index (χ0v) is 8.44. The summed E-state index contributed by atoms with van der Waals surface area (Å²) in [6, 6.07) is 3.68. The van der Waals surface area contributed by atoms with Crippen molar-refractivity contribution in [2.75, 3.05) is 19.1 Å². The number of likely N-dealkylation sites (N-methyl/N-ethyl adjacent to an activating group) is 1. The highest BCUT2D eigenvalue weighted by molar-refractivity contribution is 6.05. The van der Waals surface area contributed by atoms with Crippen LogP contribution in [0.1, 0.15) is 12.6 Å². The molecule has 74 valence electrons. The molecule has 1 aromatic rings. The van der Waals surface area contributed by atoms with Crippen molar-refractivity contribution in [2.24, 2.45) is 0 Å². The van der Waals surface area contributed by atoms with Gasteiger partial charge >= 0.3 is 0 Å². The third kappa shape index (κ3) is 0.915. The molecule has 0 aliphatic carbocycles. The van der Waals surface area contributed by atoms with Gasteiger partial charge in [0.15, 0.2) is 5.60 Å². The normalized spacial score (nSPS) is 25.4. The molecule has 0 fully saturated rings. The molecule has 1 unspecified atom stereocenters. The van der Waals surface area contributed by atoms with Crippen molar-refractivity contribution < 1.29 is 9.53 Å². The Morgan fingerprint density at radius 3 is 2.93 bits per heavy atom. The van der Waals surface area contributed by atoms with Crippen molar-refractivity contribution in [2.45, 2.75) is 12.5 Å². The Bertz CT molecular complexity index is 391. The maximum Gasteiger partial charge on any atom is 0.265 e. The summed E-state index contributed by atoms with van der Waals surface area (Å²) >= 11 is 0. The average Bonchev–Trinajstić information content (AvgIpc) is 2.43. The Hall–Kier alpha value is -1.42. The van der Waals surface area contributed by atoms with E-state index >= 15 is 0 Å². The number of ether oxygens (including phenoxy) is 1. The molecule has 0 spiro atoms. The summed E-state index contributed by atoms with van der Waals surface area (Å²) in [5.74, 6) is -0.0753. The first-order valence-corrected chi connectivity index (χ1v) is 4.40. The minimum absolute atomic E-state index is 0.0753. The van der Waals surface area contributed by atoms with Crippen molar-refractivity contribution in [1.82, 2.24) is 4.98 Å². The monoisotopic (exact) mass is 192 g/mol. The van der Waals surface area contributed by atoms with Crippen molar-refractivity contribution in [3.63, 3.8) is 0 Å². The van der Waals surface area contributed by atoms with E-state index in [0.29, 0.717) is 5.69 Å². The molecule has 0 saturated carbocycles. The topological polar surface area (TPSA) is 42.4 Å². The van der Waals surface area contributed by atoms with Crippen LogP contribution in [0.25, 0.3) is 0 Å². The van der Waals surface area contributed by atoms with Crippen molar-refractivity contribution in [3.05, 3.63) is 24.0 Å². The first-order valence-electron chi connectivity index (χ1n) is 4.40. The molecule has 2 rings (SSSR count). The maximum atomic E-state index is 11.9. The van der Waals surface area contributed by atoms with Crippen LogP contribution in [0.3, 0.4) is 0 Å². The van der Waals surface area contributed by atoms with Crippen LogP contribution in [-0.2, 0) is 15.1 Å². The second-order valence-corrected chi connectivity index (χ2v) is 3.47. The summed E-state index contributed by atoms with van der Waals surface area (Å²) in [5, 5.41) is 0. The van der Waals surface area contributed by atoms with Crippen LogP contribution in [-0.4, -0.2) is 25.0 Å². The molecule has 4 heteroatoms. The largest absolute Gasteiger partial charge is 0.362 e. The van der Waals surface area contributed by atoms with Gasteiger partial charge in [0.1, 0.15) is 5.69 Å². The lowest BCUT2D eigenvalue weighted by atomic mass is 10.0. The molecule has 4 nitrogen and oxygen atoms in total. The van der Waals surface area contributed by atoms with Gasteiger partial charge in [-0.2, -0.15) is 0 Å². The molecule has 0 bridgehead atoms. The Kier molecular flexibility index (Phi) is 1.82. The fourth-order valence-electron chi connectivity index (χ4n) is 1.75. The molecule has 1 amide bonds. The molecule has 0 N–H and O–H groups in total. The standard InChI is InChI=1S/C10H12N2O2/c1-10(14-3)8-7(5-4-6-11-8)12(2)9(10)13/h4-6H,1-3H3. The number of methoxy groups -OCH3 is 1. The van der Waals surface area contributed by atoms with E-state index in [2.05, 4.69) is 4.98 Å². The Morgan fingerprint density at radius 2 is 2.29 bits per heavy atom. The summed E-state index contributed by atoms with van der Waals surface area (Å²) in [6.07, 6.45) is 1.67. The molecule has 2 heterocycles. The van der Waals surface area contributed by atoms with Gasteiger partial charge in [-0.1, -0.05) is 0 Å². The van der Waals surface area contributed by atoms with E-state index in [1.54, 1.807) is 25.1 Å². The van der Waals surface area contributed by atoms with Gasteiger partial charge in [-0.25, -0.2) is 0 Å². The third-order valence-corrected chi connectivity index (χ3v) is 2.72. The van der Waals surface area contributed by atoms with Gasteiger partial charge in [-0.05, 0) is 19.1 Å². The SMILES string of the molecule is COC1(C)C(=O)N(C)c2cccnc21. The minimum atomic E-state index is -0.925. The van der Waals surface area contributed by atoms with Crippen LogP contribution in [0.4, 0.5) is 5.69 Å². The van der Waals surface area contributed by atoms with Crippen molar-refractivity contribution in [3.8, 4) is 0 Å². The molecule has 1 aliphatic heterocycles. The summed E-state index contributed by atoms with van der Waals surface area (Å²) in [5.41, 5.74) is 0.586. The van der Waals surface area contributed by atoms with E-state index in [4.69, 9.17) is 4.74 Å². The van der Waals surface area contributed by atoms with Gasteiger partial charge in [0.2, 0.25) is 0 Å². The number of rotatable bonds is 1. The molecular formula is C10H12N2O2. The van der Waals surface area contributed by atoms with Crippen molar-refractivity contribution >= 4 is 11.6 Å². The van der Waals surface area contributed by atoms with E-state index in [-0.39, 0.29) is 5.91 Å². The number of aromatic nitrogens is 1. The molecule has 1 atom stereocenters. The lowest BCUT2D eigenvalue weighted by Crippen LogP contribution is -2.37. The van der Waals surface area contributed by atoms with Gasteiger partial charge in [-0.3, -0.25) is 9.78 Å². The Morgan fingerprint density at radius 1 is 1.57 bits per heavy atom. The first-order chi connectivity index (χ1) is 6.61. The highest BCUT2D eigenvalue weighted by Crippen LogP contribution is 2.39. The minimum Gasteiger partial charge on any atom is -0.362 e. The summed E-state index contributed by atoms with van der Waals surface area (Å²) in [7, 11) is 3.25. The summed E-state index contributed by atoms with van der Waals surface area (Å²) in [4.78, 5) is 17.6. The van der Waals surface area contributed by atoms with Crippen LogP contribution < -0.4 is 4.90 Å². The lowest BCUT2D eigenvalue weighted by molar-refractivity contribution is -0.137. The van der Waals surface area contributed by atoms with Gasteiger partial charge in [0.25, 0.3) is 5.91 Å². The van der Waals surface area contributed by atoms with E-state index in [1.807, 2.05) is 12.1 Å². The van der Waals surface area contributed by atoms with Gasteiger partial charge < -0.3 is 9.64 Å². The predicted molar refractivity (Wildman–Crippen MR) is 52.0 cm³/mol. The predicted octanol–water partition coefficient (Wildman–Crippen LogP) is 0.920. The highest BCUT2D eigenvalue weighted by Gasteiger charge is 2.47. The number of carbonyl (C=O) groups excluding carboxylic acids is 1. The number of carbonyl (C=O) groups is 1. The third-order valence-electron chi connectivity index (χ3n) is 2.72. The van der Waals surface area contributed by atoms with Gasteiger partial charge in [0.05, 0.1) is 5.69 Å². The molecule has 0 radical (unpaired) electrons. The number of hydrogen-bond donors (Lipinski definition) is 0. The van der Waals surface area contributed by atoms with E-state index < -0.39 is 5.60 Å². The first kappa shape index (κ1) is 9.15. The van der Waals surface area contributed by atoms with Crippen LogP contribution >= 0.6 is 0 Å². The summed E-state index contributed by atoms with van der Waals surface area (Å²) in [6.45, 7) is 1.74.